The topological polar surface area (TPSA) is 69.6 Å². The average molecular weight is 622 g/mol. The first-order chi connectivity index (χ1) is 21.7. The molecular weight excluding hydrogens is 542 g/mol. The fourth-order valence-corrected chi connectivity index (χ4v) is 6.22. The molecule has 0 aliphatic rings. The van der Waals surface area contributed by atoms with Crippen LogP contribution in [-0.4, -0.2) is 34.9 Å². The maximum absolute atomic E-state index is 11.7. The van der Waals surface area contributed by atoms with Gasteiger partial charge in [-0.05, 0) is 19.3 Å². The Hall–Kier alpha value is -0.870. The van der Waals surface area contributed by atoms with Gasteiger partial charge in [-0.15, -0.1) is 0 Å². The molecule has 4 nitrogen and oxygen atoms in total. The van der Waals surface area contributed by atoms with E-state index in [1.807, 2.05) is 13.0 Å². The van der Waals surface area contributed by atoms with Crippen LogP contribution in [0.15, 0.2) is 12.2 Å². The SMILES string of the molecule is CCCCCCCCCCCCCCCCCCCCCCCCCCCCCCC/C=C/C(O)C(CO)NC(=O)CCC. The van der Waals surface area contributed by atoms with Crippen LogP contribution in [0.3, 0.4) is 0 Å². The van der Waals surface area contributed by atoms with Crippen molar-refractivity contribution < 1.29 is 15.0 Å². The number of unbranched alkanes of at least 4 members (excludes halogenated alkanes) is 29. The van der Waals surface area contributed by atoms with E-state index in [4.69, 9.17) is 0 Å². The molecule has 4 heteroatoms. The van der Waals surface area contributed by atoms with Crippen molar-refractivity contribution >= 4 is 5.91 Å². The molecule has 0 radical (unpaired) electrons. The lowest BCUT2D eigenvalue weighted by atomic mass is 10.0. The Bertz CT molecular complexity index is 593. The normalized spacial score (nSPS) is 13.1. The van der Waals surface area contributed by atoms with Gasteiger partial charge in [0.05, 0.1) is 18.8 Å². The van der Waals surface area contributed by atoms with Gasteiger partial charge in [0, 0.05) is 6.42 Å². The highest BCUT2D eigenvalue weighted by atomic mass is 16.3. The summed E-state index contributed by atoms with van der Waals surface area (Å²) in [6.07, 6.45) is 46.1. The summed E-state index contributed by atoms with van der Waals surface area (Å²) in [7, 11) is 0. The molecule has 0 bridgehead atoms. The number of hydrogen-bond donors (Lipinski definition) is 3. The standard InChI is InChI=1S/C40H79NO3/c1-3-5-6-7-8-9-10-11-12-13-14-15-16-17-18-19-20-21-22-23-24-25-26-27-28-29-30-31-32-33-34-36-39(43)38(37-42)41-40(44)35-4-2/h34,36,38-39,42-43H,3-33,35,37H2,1-2H3,(H,41,44)/b36-34+. The molecule has 0 aromatic heterocycles. The second-order valence-corrected chi connectivity index (χ2v) is 13.7. The van der Waals surface area contributed by atoms with Crippen molar-refractivity contribution in [2.24, 2.45) is 0 Å². The number of nitrogens with one attached hydrogen (secondary N) is 1. The lowest BCUT2D eigenvalue weighted by Gasteiger charge is -2.19. The predicted octanol–water partition coefficient (Wildman–Crippen LogP) is 11.9. The van der Waals surface area contributed by atoms with Crippen molar-refractivity contribution in [1.82, 2.24) is 5.32 Å². The van der Waals surface area contributed by atoms with Gasteiger partial charge in [-0.25, -0.2) is 0 Å². The van der Waals surface area contributed by atoms with Gasteiger partial charge < -0.3 is 15.5 Å². The molecule has 2 unspecified atom stereocenters. The maximum Gasteiger partial charge on any atom is 0.220 e. The van der Waals surface area contributed by atoms with Crippen LogP contribution in [0.4, 0.5) is 0 Å². The summed E-state index contributed by atoms with van der Waals surface area (Å²) in [6, 6.07) is -0.612. The predicted molar refractivity (Wildman–Crippen MR) is 193 cm³/mol. The summed E-state index contributed by atoms with van der Waals surface area (Å²) in [5.41, 5.74) is 0. The number of amides is 1. The minimum atomic E-state index is -0.829. The molecule has 0 aromatic carbocycles. The first-order valence-electron chi connectivity index (χ1n) is 19.9. The molecule has 44 heavy (non-hydrogen) atoms. The van der Waals surface area contributed by atoms with E-state index in [0.29, 0.717) is 6.42 Å². The largest absolute Gasteiger partial charge is 0.394 e. The Kier molecular flexibility index (Phi) is 35.9. The Labute approximate surface area is 276 Å². The van der Waals surface area contributed by atoms with Gasteiger partial charge >= 0.3 is 0 Å². The van der Waals surface area contributed by atoms with Gasteiger partial charge in [0.2, 0.25) is 5.91 Å². The van der Waals surface area contributed by atoms with Crippen LogP contribution in [0.25, 0.3) is 0 Å². The molecule has 0 aromatic rings. The fourth-order valence-electron chi connectivity index (χ4n) is 6.22. The maximum atomic E-state index is 11.7. The molecule has 3 N–H and O–H groups in total. The summed E-state index contributed by atoms with van der Waals surface area (Å²) < 4.78 is 0. The minimum Gasteiger partial charge on any atom is -0.394 e. The molecule has 0 aliphatic heterocycles. The van der Waals surface area contributed by atoms with Crippen molar-refractivity contribution in [3.63, 3.8) is 0 Å². The average Bonchev–Trinajstić information content (AvgIpc) is 3.02. The van der Waals surface area contributed by atoms with Crippen LogP contribution in [-0.2, 0) is 4.79 Å². The van der Waals surface area contributed by atoms with Crippen LogP contribution in [0.1, 0.15) is 219 Å². The summed E-state index contributed by atoms with van der Waals surface area (Å²) in [5.74, 6) is -0.116. The zero-order valence-corrected chi connectivity index (χ0v) is 29.9. The smallest absolute Gasteiger partial charge is 0.220 e. The highest BCUT2D eigenvalue weighted by Crippen LogP contribution is 2.16. The van der Waals surface area contributed by atoms with Crippen LogP contribution >= 0.6 is 0 Å². The third-order valence-corrected chi connectivity index (χ3v) is 9.24. The highest BCUT2D eigenvalue weighted by molar-refractivity contribution is 5.76. The van der Waals surface area contributed by atoms with E-state index in [9.17, 15) is 15.0 Å². The molecule has 262 valence electrons. The molecule has 0 rings (SSSR count). The molecule has 0 fully saturated rings. The van der Waals surface area contributed by atoms with Crippen molar-refractivity contribution in [2.75, 3.05) is 6.61 Å². The zero-order valence-electron chi connectivity index (χ0n) is 29.9. The lowest BCUT2D eigenvalue weighted by molar-refractivity contribution is -0.122. The van der Waals surface area contributed by atoms with E-state index in [0.717, 1.165) is 19.3 Å². The van der Waals surface area contributed by atoms with Crippen LogP contribution < -0.4 is 5.32 Å². The van der Waals surface area contributed by atoms with Gasteiger partial charge in [-0.1, -0.05) is 206 Å². The number of aliphatic hydroxyl groups is 2. The molecule has 1 amide bonds. The number of carbonyl (C=O) groups is 1. The molecule has 0 saturated heterocycles. The molecule has 0 aliphatic carbocycles. The Morgan fingerprint density at radius 3 is 1.14 bits per heavy atom. The van der Waals surface area contributed by atoms with Crippen molar-refractivity contribution in [3.8, 4) is 0 Å². The van der Waals surface area contributed by atoms with Crippen molar-refractivity contribution in [3.05, 3.63) is 12.2 Å². The summed E-state index contributed by atoms with van der Waals surface area (Å²) in [4.78, 5) is 11.7. The number of hydrogen-bond acceptors (Lipinski definition) is 3. The molecule has 2 atom stereocenters. The fraction of sp³-hybridized carbons (Fsp3) is 0.925. The van der Waals surface area contributed by atoms with E-state index < -0.39 is 12.1 Å². The Morgan fingerprint density at radius 2 is 0.841 bits per heavy atom. The second-order valence-electron chi connectivity index (χ2n) is 13.7. The first kappa shape index (κ1) is 43.1. The molecule has 0 spiro atoms. The third kappa shape index (κ3) is 32.5. The molecular formula is C40H79NO3. The van der Waals surface area contributed by atoms with E-state index in [1.165, 1.54) is 180 Å². The van der Waals surface area contributed by atoms with Crippen LogP contribution in [0, 0.1) is 0 Å². The van der Waals surface area contributed by atoms with Gasteiger partial charge in [0.25, 0.3) is 0 Å². The first-order valence-corrected chi connectivity index (χ1v) is 19.9. The van der Waals surface area contributed by atoms with Crippen LogP contribution in [0.5, 0.6) is 0 Å². The van der Waals surface area contributed by atoms with Gasteiger partial charge in [0.15, 0.2) is 0 Å². The minimum absolute atomic E-state index is 0.116. The summed E-state index contributed by atoms with van der Waals surface area (Å²) in [5, 5.41) is 22.3. The Morgan fingerprint density at radius 1 is 0.523 bits per heavy atom. The van der Waals surface area contributed by atoms with Crippen LogP contribution in [0.2, 0.25) is 0 Å². The van der Waals surface area contributed by atoms with Gasteiger partial charge in [0.1, 0.15) is 0 Å². The zero-order chi connectivity index (χ0) is 32.2. The van der Waals surface area contributed by atoms with E-state index in [2.05, 4.69) is 12.2 Å². The van der Waals surface area contributed by atoms with E-state index in [1.54, 1.807) is 6.08 Å². The van der Waals surface area contributed by atoms with Gasteiger partial charge in [-0.3, -0.25) is 4.79 Å². The number of allylic oxidation sites excluding steroid dienone is 1. The van der Waals surface area contributed by atoms with Crippen molar-refractivity contribution in [2.45, 2.75) is 231 Å². The monoisotopic (exact) mass is 622 g/mol. The van der Waals surface area contributed by atoms with Crippen molar-refractivity contribution in [1.29, 1.82) is 0 Å². The number of carbonyl (C=O) groups excluding carboxylic acids is 1. The van der Waals surface area contributed by atoms with Gasteiger partial charge in [-0.2, -0.15) is 0 Å². The lowest BCUT2D eigenvalue weighted by Crippen LogP contribution is -2.45. The molecule has 0 saturated carbocycles. The third-order valence-electron chi connectivity index (χ3n) is 9.24. The molecule has 0 heterocycles. The Balaban J connectivity index is 3.25. The summed E-state index contributed by atoms with van der Waals surface area (Å²) >= 11 is 0. The highest BCUT2D eigenvalue weighted by Gasteiger charge is 2.17. The van der Waals surface area contributed by atoms with E-state index in [-0.39, 0.29) is 12.5 Å². The second kappa shape index (κ2) is 36.6. The summed E-state index contributed by atoms with van der Waals surface area (Å²) in [6.45, 7) is 3.99. The number of aliphatic hydroxyl groups excluding tert-OH is 2. The number of rotatable bonds is 36. The quantitative estimate of drug-likeness (QED) is 0.0481. The van der Waals surface area contributed by atoms with E-state index >= 15 is 0 Å².